The largest absolute Gasteiger partial charge is 0.385 e. The zero-order valence-electron chi connectivity index (χ0n) is 11.6. The number of nitrogens with two attached hydrogens (primary N) is 1. The van der Waals surface area contributed by atoms with Gasteiger partial charge >= 0.3 is 0 Å². The van der Waals surface area contributed by atoms with Crippen molar-refractivity contribution in [1.29, 1.82) is 0 Å². The van der Waals surface area contributed by atoms with Crippen LogP contribution in [0.25, 0.3) is 0 Å². The number of carbonyl (C=O) groups is 1. The van der Waals surface area contributed by atoms with Crippen molar-refractivity contribution in [1.82, 2.24) is 4.90 Å². The summed E-state index contributed by atoms with van der Waals surface area (Å²) in [5.41, 5.74) is 6.80. The molecule has 1 heterocycles. The van der Waals surface area contributed by atoms with E-state index in [1.54, 1.807) is 6.07 Å². The molecule has 4 heteroatoms. The Bertz CT molecular complexity index is 433. The average molecular weight is 261 g/mol. The summed E-state index contributed by atoms with van der Waals surface area (Å²) in [5.74, 6) is -0.379. The zero-order chi connectivity index (χ0) is 13.7. The van der Waals surface area contributed by atoms with Gasteiger partial charge in [0.1, 0.15) is 0 Å². The number of primary amides is 1. The van der Waals surface area contributed by atoms with Crippen molar-refractivity contribution in [2.75, 3.05) is 25.5 Å². The molecule has 1 atom stereocenters. The summed E-state index contributed by atoms with van der Waals surface area (Å²) in [7, 11) is 2.21. The van der Waals surface area contributed by atoms with Gasteiger partial charge in [0.25, 0.3) is 0 Å². The van der Waals surface area contributed by atoms with Crippen molar-refractivity contribution in [3.05, 3.63) is 29.8 Å². The number of piperidine rings is 1. The maximum absolute atomic E-state index is 11.1. The maximum Gasteiger partial charge on any atom is 0.248 e. The van der Waals surface area contributed by atoms with E-state index in [-0.39, 0.29) is 5.91 Å². The van der Waals surface area contributed by atoms with Crippen LogP contribution in [-0.4, -0.2) is 37.0 Å². The van der Waals surface area contributed by atoms with Crippen LogP contribution in [0.1, 0.15) is 36.0 Å². The number of rotatable bonds is 5. The SMILES string of the molecule is CN1CCCCC1CCNc1cccc(C(N)=O)c1. The minimum atomic E-state index is -0.379. The Labute approximate surface area is 115 Å². The summed E-state index contributed by atoms with van der Waals surface area (Å²) in [6.07, 6.45) is 5.09. The van der Waals surface area contributed by atoms with Gasteiger partial charge in [-0.1, -0.05) is 12.5 Å². The van der Waals surface area contributed by atoms with Crippen molar-refractivity contribution in [3.63, 3.8) is 0 Å². The number of hydrogen-bond donors (Lipinski definition) is 2. The fourth-order valence-corrected chi connectivity index (χ4v) is 2.67. The Hall–Kier alpha value is -1.55. The first-order valence-electron chi connectivity index (χ1n) is 7.01. The fraction of sp³-hybridized carbons (Fsp3) is 0.533. The summed E-state index contributed by atoms with van der Waals surface area (Å²) in [5, 5.41) is 3.37. The summed E-state index contributed by atoms with van der Waals surface area (Å²) in [6.45, 7) is 2.14. The lowest BCUT2D eigenvalue weighted by Gasteiger charge is -2.32. The van der Waals surface area contributed by atoms with Crippen LogP contribution < -0.4 is 11.1 Å². The third-order valence-electron chi connectivity index (χ3n) is 3.88. The molecule has 104 valence electrons. The molecule has 1 aliphatic heterocycles. The third-order valence-corrected chi connectivity index (χ3v) is 3.88. The van der Waals surface area contributed by atoms with Gasteiger partial charge in [0.2, 0.25) is 5.91 Å². The Balaban J connectivity index is 1.82. The van der Waals surface area contributed by atoms with Crippen molar-refractivity contribution in [2.24, 2.45) is 5.73 Å². The monoisotopic (exact) mass is 261 g/mol. The molecular formula is C15H23N3O. The number of nitrogens with zero attached hydrogens (tertiary/aromatic N) is 1. The van der Waals surface area contributed by atoms with Gasteiger partial charge in [0, 0.05) is 23.8 Å². The number of likely N-dealkylation sites (tertiary alicyclic amines) is 1. The van der Waals surface area contributed by atoms with Crippen LogP contribution in [0.3, 0.4) is 0 Å². The first-order valence-corrected chi connectivity index (χ1v) is 7.01. The molecule has 1 unspecified atom stereocenters. The van der Waals surface area contributed by atoms with Gasteiger partial charge in [-0.05, 0) is 51.1 Å². The van der Waals surface area contributed by atoms with Crippen LogP contribution in [0.5, 0.6) is 0 Å². The van der Waals surface area contributed by atoms with E-state index >= 15 is 0 Å². The molecule has 0 saturated carbocycles. The highest BCUT2D eigenvalue weighted by molar-refractivity contribution is 5.93. The van der Waals surface area contributed by atoms with Crippen LogP contribution in [0.4, 0.5) is 5.69 Å². The van der Waals surface area contributed by atoms with Gasteiger partial charge in [-0.2, -0.15) is 0 Å². The highest BCUT2D eigenvalue weighted by Gasteiger charge is 2.17. The number of carbonyl (C=O) groups excluding carboxylic acids is 1. The average Bonchev–Trinajstić information content (AvgIpc) is 2.41. The molecule has 0 aromatic heterocycles. The summed E-state index contributed by atoms with van der Waals surface area (Å²) in [4.78, 5) is 13.6. The topological polar surface area (TPSA) is 58.4 Å². The zero-order valence-corrected chi connectivity index (χ0v) is 11.6. The van der Waals surface area contributed by atoms with Gasteiger partial charge < -0.3 is 16.0 Å². The molecule has 1 fully saturated rings. The van der Waals surface area contributed by atoms with Crippen LogP contribution >= 0.6 is 0 Å². The van der Waals surface area contributed by atoms with E-state index in [1.165, 1.54) is 25.8 Å². The lowest BCUT2D eigenvalue weighted by atomic mass is 10.0. The van der Waals surface area contributed by atoms with E-state index in [2.05, 4.69) is 17.3 Å². The van der Waals surface area contributed by atoms with Crippen LogP contribution in [0.2, 0.25) is 0 Å². The fourth-order valence-electron chi connectivity index (χ4n) is 2.67. The van der Waals surface area contributed by atoms with Crippen LogP contribution in [-0.2, 0) is 0 Å². The number of amides is 1. The van der Waals surface area contributed by atoms with Gasteiger partial charge in [0.15, 0.2) is 0 Å². The Morgan fingerprint density at radius 3 is 3.05 bits per heavy atom. The number of anilines is 1. The van der Waals surface area contributed by atoms with E-state index in [9.17, 15) is 4.79 Å². The van der Waals surface area contributed by atoms with Crippen molar-refractivity contribution in [3.8, 4) is 0 Å². The van der Waals surface area contributed by atoms with Gasteiger partial charge in [-0.25, -0.2) is 0 Å². The molecule has 1 aromatic rings. The molecule has 0 radical (unpaired) electrons. The second-order valence-corrected chi connectivity index (χ2v) is 5.29. The Kier molecular flexibility index (Phi) is 4.80. The summed E-state index contributed by atoms with van der Waals surface area (Å²) in [6, 6.07) is 8.06. The molecule has 0 spiro atoms. The standard InChI is InChI=1S/C15H23N3O/c1-18-10-3-2-7-14(18)8-9-17-13-6-4-5-12(11-13)15(16)19/h4-6,11,14,17H,2-3,7-10H2,1H3,(H2,16,19). The smallest absolute Gasteiger partial charge is 0.248 e. The van der Waals surface area contributed by atoms with E-state index < -0.39 is 0 Å². The highest BCUT2D eigenvalue weighted by atomic mass is 16.1. The predicted octanol–water partition coefficient (Wildman–Crippen LogP) is 2.07. The minimum absolute atomic E-state index is 0.379. The third kappa shape index (κ3) is 3.96. The van der Waals surface area contributed by atoms with E-state index in [0.29, 0.717) is 11.6 Å². The Morgan fingerprint density at radius 1 is 1.47 bits per heavy atom. The molecule has 2 rings (SSSR count). The van der Waals surface area contributed by atoms with E-state index in [4.69, 9.17) is 5.73 Å². The summed E-state index contributed by atoms with van der Waals surface area (Å²) >= 11 is 0. The molecule has 3 N–H and O–H groups in total. The van der Waals surface area contributed by atoms with Crippen molar-refractivity contribution < 1.29 is 4.79 Å². The first kappa shape index (κ1) is 13.9. The molecule has 0 bridgehead atoms. The summed E-state index contributed by atoms with van der Waals surface area (Å²) < 4.78 is 0. The highest BCUT2D eigenvalue weighted by Crippen LogP contribution is 2.18. The first-order chi connectivity index (χ1) is 9.16. The second-order valence-electron chi connectivity index (χ2n) is 5.29. The van der Waals surface area contributed by atoms with E-state index in [0.717, 1.165) is 18.7 Å². The Morgan fingerprint density at radius 2 is 2.32 bits per heavy atom. The maximum atomic E-state index is 11.1. The second kappa shape index (κ2) is 6.57. The lowest BCUT2D eigenvalue weighted by molar-refractivity contribution is 0.100. The molecule has 4 nitrogen and oxygen atoms in total. The van der Waals surface area contributed by atoms with Gasteiger partial charge in [-0.3, -0.25) is 4.79 Å². The quantitative estimate of drug-likeness (QED) is 0.853. The molecular weight excluding hydrogens is 238 g/mol. The molecule has 1 saturated heterocycles. The molecule has 1 aliphatic rings. The molecule has 1 aromatic carbocycles. The van der Waals surface area contributed by atoms with Gasteiger partial charge in [0.05, 0.1) is 0 Å². The number of hydrogen-bond acceptors (Lipinski definition) is 3. The van der Waals surface area contributed by atoms with Gasteiger partial charge in [-0.15, -0.1) is 0 Å². The van der Waals surface area contributed by atoms with Crippen LogP contribution in [0.15, 0.2) is 24.3 Å². The van der Waals surface area contributed by atoms with Crippen molar-refractivity contribution in [2.45, 2.75) is 31.7 Å². The van der Waals surface area contributed by atoms with Crippen molar-refractivity contribution >= 4 is 11.6 Å². The predicted molar refractivity (Wildman–Crippen MR) is 78.3 cm³/mol. The van der Waals surface area contributed by atoms with E-state index in [1.807, 2.05) is 18.2 Å². The normalized spacial score (nSPS) is 20.2. The van der Waals surface area contributed by atoms with Crippen LogP contribution in [0, 0.1) is 0 Å². The molecule has 19 heavy (non-hydrogen) atoms. The number of benzene rings is 1. The number of nitrogens with one attached hydrogen (secondary N) is 1. The minimum Gasteiger partial charge on any atom is -0.385 e. The lowest BCUT2D eigenvalue weighted by Crippen LogP contribution is -2.37. The molecule has 1 amide bonds. The molecule has 0 aliphatic carbocycles.